The van der Waals surface area contributed by atoms with Crippen LogP contribution in [0.5, 0.6) is 0 Å². The van der Waals surface area contributed by atoms with Crippen molar-refractivity contribution in [2.75, 3.05) is 0 Å². The summed E-state index contributed by atoms with van der Waals surface area (Å²) in [5, 5.41) is 10.9. The molecule has 0 unspecified atom stereocenters. The fourth-order valence-electron chi connectivity index (χ4n) is 0.587. The Morgan fingerprint density at radius 2 is 2.55 bits per heavy atom. The van der Waals surface area contributed by atoms with E-state index < -0.39 is 0 Å². The molecule has 0 fully saturated rings. The Kier molecular flexibility index (Phi) is 2.32. The molecule has 0 aliphatic rings. The molecule has 0 radical (unpaired) electrons. The third-order valence-electron chi connectivity index (χ3n) is 1.08. The van der Waals surface area contributed by atoms with Crippen molar-refractivity contribution in [3.05, 3.63) is 30.2 Å². The maximum atomic E-state index is 8.14. The second-order valence-electron chi connectivity index (χ2n) is 1.87. The first-order valence-corrected chi connectivity index (χ1v) is 3.02. The molecule has 1 heterocycles. The summed E-state index contributed by atoms with van der Waals surface area (Å²) in [6, 6.07) is 3.52. The molecule has 0 saturated carbocycles. The van der Waals surface area contributed by atoms with Crippen molar-refractivity contribution in [1.82, 2.24) is 0 Å². The molecule has 0 aliphatic carbocycles. The third-order valence-corrected chi connectivity index (χ3v) is 1.08. The van der Waals surface area contributed by atoms with Gasteiger partial charge in [0.05, 0.1) is 6.26 Å². The molecule has 0 saturated heterocycles. The van der Waals surface area contributed by atoms with Crippen LogP contribution in [0.15, 0.2) is 34.0 Å². The van der Waals surface area contributed by atoms with Crippen LogP contribution in [0.25, 0.3) is 6.08 Å². The third kappa shape index (κ3) is 2.17. The van der Waals surface area contributed by atoms with Crippen LogP contribution < -0.4 is 5.73 Å². The van der Waals surface area contributed by atoms with E-state index in [2.05, 4.69) is 5.16 Å². The molecular formula is C7H8N2O2. The Balaban J connectivity index is 2.63. The van der Waals surface area contributed by atoms with Gasteiger partial charge in [0.2, 0.25) is 0 Å². The second-order valence-corrected chi connectivity index (χ2v) is 1.87. The summed E-state index contributed by atoms with van der Waals surface area (Å²) in [4.78, 5) is 0. The summed E-state index contributed by atoms with van der Waals surface area (Å²) in [7, 11) is 0. The second kappa shape index (κ2) is 3.46. The largest absolute Gasteiger partial charge is 0.465 e. The highest BCUT2D eigenvalue weighted by molar-refractivity contribution is 5.94. The number of nitrogens with two attached hydrogens (primary N) is 1. The van der Waals surface area contributed by atoms with Crippen LogP contribution in [0.3, 0.4) is 0 Å². The van der Waals surface area contributed by atoms with Gasteiger partial charge in [0.1, 0.15) is 5.76 Å². The zero-order valence-corrected chi connectivity index (χ0v) is 5.77. The van der Waals surface area contributed by atoms with Gasteiger partial charge in [-0.3, -0.25) is 0 Å². The van der Waals surface area contributed by atoms with E-state index in [1.165, 1.54) is 6.08 Å². The molecule has 0 aromatic carbocycles. The van der Waals surface area contributed by atoms with E-state index in [1.54, 1.807) is 24.5 Å². The molecule has 58 valence electrons. The van der Waals surface area contributed by atoms with E-state index in [1.807, 2.05) is 0 Å². The lowest BCUT2D eigenvalue weighted by Crippen LogP contribution is -2.06. The van der Waals surface area contributed by atoms with Gasteiger partial charge in [-0.05, 0) is 24.3 Å². The summed E-state index contributed by atoms with van der Waals surface area (Å²) in [6.45, 7) is 0. The normalized spacial score (nSPS) is 12.5. The van der Waals surface area contributed by atoms with Crippen LogP contribution in [0.1, 0.15) is 5.76 Å². The smallest absolute Gasteiger partial charge is 0.162 e. The van der Waals surface area contributed by atoms with Crippen molar-refractivity contribution < 1.29 is 9.62 Å². The van der Waals surface area contributed by atoms with Crippen molar-refractivity contribution in [3.8, 4) is 0 Å². The molecule has 1 rings (SSSR count). The number of oxime groups is 1. The topological polar surface area (TPSA) is 71.8 Å². The Labute approximate surface area is 63.6 Å². The Bertz CT molecular complexity index is 262. The summed E-state index contributed by atoms with van der Waals surface area (Å²) >= 11 is 0. The Morgan fingerprint density at radius 1 is 1.73 bits per heavy atom. The zero-order chi connectivity index (χ0) is 8.10. The molecule has 1 aromatic rings. The molecule has 11 heavy (non-hydrogen) atoms. The molecule has 1 aromatic heterocycles. The van der Waals surface area contributed by atoms with Crippen molar-refractivity contribution in [1.29, 1.82) is 0 Å². The monoisotopic (exact) mass is 152 g/mol. The number of rotatable bonds is 2. The van der Waals surface area contributed by atoms with Crippen molar-refractivity contribution in [2.24, 2.45) is 10.9 Å². The number of nitrogens with zero attached hydrogens (tertiary/aromatic N) is 1. The lowest BCUT2D eigenvalue weighted by Gasteiger charge is -1.84. The van der Waals surface area contributed by atoms with Gasteiger partial charge in [-0.15, -0.1) is 0 Å². The van der Waals surface area contributed by atoms with Gasteiger partial charge < -0.3 is 15.4 Å². The minimum absolute atomic E-state index is 0.0430. The average molecular weight is 152 g/mol. The molecule has 0 spiro atoms. The first-order valence-electron chi connectivity index (χ1n) is 3.02. The number of hydrogen-bond acceptors (Lipinski definition) is 3. The minimum Gasteiger partial charge on any atom is -0.465 e. The maximum Gasteiger partial charge on any atom is 0.162 e. The first-order chi connectivity index (χ1) is 5.33. The predicted molar refractivity (Wildman–Crippen MR) is 41.2 cm³/mol. The fraction of sp³-hybridized carbons (Fsp3) is 0. The highest BCUT2D eigenvalue weighted by atomic mass is 16.4. The Morgan fingerprint density at radius 3 is 3.09 bits per heavy atom. The summed E-state index contributed by atoms with van der Waals surface area (Å²) in [5.74, 6) is 0.706. The highest BCUT2D eigenvalue weighted by Gasteiger charge is 1.87. The average Bonchev–Trinajstić information content (AvgIpc) is 2.52. The van der Waals surface area contributed by atoms with Crippen LogP contribution >= 0.6 is 0 Å². The molecule has 0 aliphatic heterocycles. The standard InChI is InChI=1S/C7H8N2O2/c8-7(9-10)4-3-6-2-1-5-11-6/h1-5,10H,(H2,8,9)/b4-3+. The van der Waals surface area contributed by atoms with E-state index in [9.17, 15) is 0 Å². The predicted octanol–water partition coefficient (Wildman–Crippen LogP) is 1.04. The van der Waals surface area contributed by atoms with E-state index >= 15 is 0 Å². The van der Waals surface area contributed by atoms with Crippen LogP contribution in [-0.2, 0) is 0 Å². The van der Waals surface area contributed by atoms with E-state index in [4.69, 9.17) is 15.4 Å². The number of furan rings is 1. The summed E-state index contributed by atoms with van der Waals surface area (Å²) in [5.41, 5.74) is 5.16. The SMILES string of the molecule is NC(/C=C/c1ccco1)=N\O. The van der Waals surface area contributed by atoms with E-state index in [0.29, 0.717) is 5.76 Å². The fourth-order valence-corrected chi connectivity index (χ4v) is 0.587. The summed E-state index contributed by atoms with van der Waals surface area (Å²) < 4.78 is 4.95. The molecule has 4 nitrogen and oxygen atoms in total. The molecule has 3 N–H and O–H groups in total. The number of amidine groups is 1. The molecule has 0 bridgehead atoms. The Hall–Kier alpha value is -1.71. The van der Waals surface area contributed by atoms with E-state index in [0.717, 1.165) is 0 Å². The number of hydrogen-bond donors (Lipinski definition) is 2. The van der Waals surface area contributed by atoms with Crippen LogP contribution in [0.2, 0.25) is 0 Å². The van der Waals surface area contributed by atoms with Gasteiger partial charge >= 0.3 is 0 Å². The minimum atomic E-state index is 0.0430. The van der Waals surface area contributed by atoms with Crippen molar-refractivity contribution >= 4 is 11.9 Å². The van der Waals surface area contributed by atoms with Crippen molar-refractivity contribution in [3.63, 3.8) is 0 Å². The van der Waals surface area contributed by atoms with Crippen LogP contribution in [0, 0.1) is 0 Å². The highest BCUT2D eigenvalue weighted by Crippen LogP contribution is 2.01. The lowest BCUT2D eigenvalue weighted by molar-refractivity contribution is 0.319. The van der Waals surface area contributed by atoms with Gasteiger partial charge in [0.15, 0.2) is 5.84 Å². The van der Waals surface area contributed by atoms with Gasteiger partial charge in [0.25, 0.3) is 0 Å². The van der Waals surface area contributed by atoms with Gasteiger partial charge in [-0.2, -0.15) is 0 Å². The molecule has 0 amide bonds. The van der Waals surface area contributed by atoms with Gasteiger partial charge in [-0.25, -0.2) is 0 Å². The van der Waals surface area contributed by atoms with Gasteiger partial charge in [0, 0.05) is 0 Å². The van der Waals surface area contributed by atoms with Crippen molar-refractivity contribution in [2.45, 2.75) is 0 Å². The maximum absolute atomic E-state index is 8.14. The molecule has 4 heteroatoms. The molecular weight excluding hydrogens is 144 g/mol. The van der Waals surface area contributed by atoms with Crippen LogP contribution in [-0.4, -0.2) is 11.0 Å². The first kappa shape index (κ1) is 7.40. The zero-order valence-electron chi connectivity index (χ0n) is 5.77. The lowest BCUT2D eigenvalue weighted by atomic mass is 10.4. The van der Waals surface area contributed by atoms with Crippen LogP contribution in [0.4, 0.5) is 0 Å². The molecule has 0 atom stereocenters. The quantitative estimate of drug-likeness (QED) is 0.288. The summed E-state index contributed by atoms with van der Waals surface area (Å²) in [6.07, 6.45) is 4.60. The van der Waals surface area contributed by atoms with Gasteiger partial charge in [-0.1, -0.05) is 5.16 Å². The van der Waals surface area contributed by atoms with E-state index in [-0.39, 0.29) is 5.84 Å².